The van der Waals surface area contributed by atoms with Crippen LogP contribution in [0.15, 0.2) is 66.7 Å². The summed E-state index contributed by atoms with van der Waals surface area (Å²) >= 11 is 11.2. The van der Waals surface area contributed by atoms with Gasteiger partial charge in [0.2, 0.25) is 0 Å². The second-order valence-corrected chi connectivity index (χ2v) is 11.4. The fourth-order valence-corrected chi connectivity index (χ4v) is 5.07. The van der Waals surface area contributed by atoms with Crippen LogP contribution in [0.2, 0.25) is 10.0 Å². The van der Waals surface area contributed by atoms with E-state index >= 15 is 0 Å². The molecule has 0 aromatic heterocycles. The standard InChI is InChI=1S/C26H33F4N3O.C6H4Cl2/c1-19(2)23-8-4-5-9-24(23)33-14-12-32(13-15-33)11-7-6-10-31(3)25(34)20-16-21(26(28,29)30)18-22(27)17-20;7-5-3-1-2-4-6(5)8/h4-5,8-9,16-19H,6-7,10-15H2,1-3H3;1-4H. The molecule has 4 rings (SSSR count). The van der Waals surface area contributed by atoms with Crippen molar-refractivity contribution in [3.8, 4) is 0 Å². The number of piperazine rings is 1. The average Bonchev–Trinajstić information content (AvgIpc) is 2.96. The molecule has 4 nitrogen and oxygen atoms in total. The van der Waals surface area contributed by atoms with E-state index in [0.29, 0.717) is 34.6 Å². The number of para-hydroxylation sites is 1. The number of benzene rings is 3. The minimum atomic E-state index is -4.70. The molecule has 1 aliphatic rings. The SMILES string of the molecule is CC(C)c1ccccc1N1CCN(CCCCN(C)C(=O)c2cc(F)cc(C(F)(F)F)c2)CC1.Clc1ccccc1Cl. The van der Waals surface area contributed by atoms with E-state index in [-0.39, 0.29) is 5.56 Å². The number of rotatable bonds is 8. The zero-order valence-corrected chi connectivity index (χ0v) is 25.6. The topological polar surface area (TPSA) is 26.8 Å². The number of carbonyl (C=O) groups excluding carboxylic acids is 1. The Morgan fingerprint density at radius 2 is 1.50 bits per heavy atom. The molecule has 1 heterocycles. The van der Waals surface area contributed by atoms with E-state index in [1.165, 1.54) is 23.2 Å². The van der Waals surface area contributed by atoms with Gasteiger partial charge in [-0.3, -0.25) is 9.69 Å². The third kappa shape index (κ3) is 9.89. The highest BCUT2D eigenvalue weighted by molar-refractivity contribution is 6.41. The molecule has 0 aliphatic carbocycles. The van der Waals surface area contributed by atoms with Crippen LogP contribution in [0.4, 0.5) is 23.2 Å². The lowest BCUT2D eigenvalue weighted by molar-refractivity contribution is -0.137. The Bertz CT molecular complexity index is 1290. The number of unbranched alkanes of at least 4 members (excludes halogenated alkanes) is 1. The van der Waals surface area contributed by atoms with Crippen LogP contribution in [0, 0.1) is 5.82 Å². The second-order valence-electron chi connectivity index (χ2n) is 10.6. The van der Waals surface area contributed by atoms with Crippen molar-refractivity contribution in [1.29, 1.82) is 0 Å². The minimum absolute atomic E-state index is 0.285. The highest BCUT2D eigenvalue weighted by Gasteiger charge is 2.32. The summed E-state index contributed by atoms with van der Waals surface area (Å²) in [6, 6.07) is 17.7. The molecule has 1 aliphatic heterocycles. The van der Waals surface area contributed by atoms with Gasteiger partial charge in [0.25, 0.3) is 5.91 Å². The lowest BCUT2D eigenvalue weighted by Gasteiger charge is -2.37. The maximum absolute atomic E-state index is 13.6. The van der Waals surface area contributed by atoms with Crippen LogP contribution in [-0.4, -0.2) is 62.0 Å². The molecule has 0 spiro atoms. The first kappa shape index (κ1) is 33.7. The van der Waals surface area contributed by atoms with Crippen molar-refractivity contribution in [3.05, 3.63) is 99.3 Å². The molecule has 3 aromatic carbocycles. The Hall–Kier alpha value is -2.81. The van der Waals surface area contributed by atoms with Crippen LogP contribution in [0.1, 0.15) is 54.1 Å². The third-order valence-corrected chi connectivity index (χ3v) is 7.89. The fraction of sp³-hybridized carbons (Fsp3) is 0.406. The number of hydrogen-bond acceptors (Lipinski definition) is 3. The first-order chi connectivity index (χ1) is 19.9. The van der Waals surface area contributed by atoms with Gasteiger partial charge >= 0.3 is 6.18 Å². The van der Waals surface area contributed by atoms with Gasteiger partial charge in [0, 0.05) is 51.0 Å². The molecule has 1 amide bonds. The Morgan fingerprint density at radius 1 is 0.905 bits per heavy atom. The summed E-state index contributed by atoms with van der Waals surface area (Å²) in [5.41, 5.74) is 1.24. The van der Waals surface area contributed by atoms with Gasteiger partial charge in [-0.05, 0) is 67.3 Å². The fourth-order valence-electron chi connectivity index (χ4n) is 4.80. The van der Waals surface area contributed by atoms with Gasteiger partial charge in [0.05, 0.1) is 15.6 Å². The monoisotopic (exact) mass is 625 g/mol. The van der Waals surface area contributed by atoms with Gasteiger partial charge in [-0.1, -0.05) is 67.4 Å². The predicted molar refractivity (Wildman–Crippen MR) is 163 cm³/mol. The van der Waals surface area contributed by atoms with Gasteiger partial charge in [-0.15, -0.1) is 0 Å². The van der Waals surface area contributed by atoms with Crippen molar-refractivity contribution in [2.24, 2.45) is 0 Å². The second kappa shape index (κ2) is 15.6. The molecular weight excluding hydrogens is 589 g/mol. The van der Waals surface area contributed by atoms with Crippen LogP contribution in [0.25, 0.3) is 0 Å². The van der Waals surface area contributed by atoms with Crippen LogP contribution in [0.5, 0.6) is 0 Å². The Kier molecular flexibility index (Phi) is 12.5. The molecule has 3 aromatic rings. The molecule has 0 N–H and O–H groups in total. The first-order valence-electron chi connectivity index (χ1n) is 14.0. The van der Waals surface area contributed by atoms with Crippen molar-refractivity contribution < 1.29 is 22.4 Å². The van der Waals surface area contributed by atoms with Crippen LogP contribution >= 0.6 is 23.2 Å². The number of nitrogens with zero attached hydrogens (tertiary/aromatic N) is 3. The van der Waals surface area contributed by atoms with E-state index in [1.807, 2.05) is 12.1 Å². The van der Waals surface area contributed by atoms with Crippen molar-refractivity contribution >= 4 is 34.8 Å². The Labute approximate surface area is 255 Å². The molecule has 1 fully saturated rings. The smallest absolute Gasteiger partial charge is 0.369 e. The molecule has 1 saturated heterocycles. The number of anilines is 1. The number of hydrogen-bond donors (Lipinski definition) is 0. The minimum Gasteiger partial charge on any atom is -0.369 e. The third-order valence-electron chi connectivity index (χ3n) is 7.13. The zero-order valence-electron chi connectivity index (χ0n) is 24.1. The molecule has 10 heteroatoms. The van der Waals surface area contributed by atoms with Crippen molar-refractivity contribution in [3.63, 3.8) is 0 Å². The van der Waals surface area contributed by atoms with Gasteiger partial charge < -0.3 is 9.80 Å². The van der Waals surface area contributed by atoms with Crippen molar-refractivity contribution in [1.82, 2.24) is 9.80 Å². The summed E-state index contributed by atoms with van der Waals surface area (Å²) in [7, 11) is 1.53. The Morgan fingerprint density at radius 3 is 2.07 bits per heavy atom. The van der Waals surface area contributed by atoms with Gasteiger partial charge in [0.15, 0.2) is 0 Å². The number of alkyl halides is 3. The first-order valence-corrected chi connectivity index (χ1v) is 14.7. The molecule has 0 unspecified atom stereocenters. The normalized spacial score (nSPS) is 14.0. The summed E-state index contributed by atoms with van der Waals surface area (Å²) < 4.78 is 52.4. The number of amides is 1. The molecule has 0 atom stereocenters. The molecule has 0 saturated carbocycles. The van der Waals surface area contributed by atoms with E-state index in [1.54, 1.807) is 12.1 Å². The summed E-state index contributed by atoms with van der Waals surface area (Å²) in [6.07, 6.45) is -3.10. The van der Waals surface area contributed by atoms with Gasteiger partial charge in [-0.25, -0.2) is 4.39 Å². The molecule has 0 radical (unpaired) electrons. The van der Waals surface area contributed by atoms with E-state index < -0.39 is 23.5 Å². The van der Waals surface area contributed by atoms with E-state index in [2.05, 4.69) is 47.9 Å². The molecular formula is C32H37Cl2F4N3O. The van der Waals surface area contributed by atoms with E-state index in [4.69, 9.17) is 23.2 Å². The van der Waals surface area contributed by atoms with Crippen LogP contribution in [-0.2, 0) is 6.18 Å². The zero-order chi connectivity index (χ0) is 30.9. The maximum Gasteiger partial charge on any atom is 0.416 e. The van der Waals surface area contributed by atoms with Gasteiger partial charge in [0.1, 0.15) is 5.82 Å². The highest BCUT2D eigenvalue weighted by Crippen LogP contribution is 2.31. The van der Waals surface area contributed by atoms with Gasteiger partial charge in [-0.2, -0.15) is 13.2 Å². The van der Waals surface area contributed by atoms with Crippen LogP contribution in [0.3, 0.4) is 0 Å². The van der Waals surface area contributed by atoms with Crippen molar-refractivity contribution in [2.45, 2.75) is 38.8 Å². The number of halogens is 6. The highest BCUT2D eigenvalue weighted by atomic mass is 35.5. The summed E-state index contributed by atoms with van der Waals surface area (Å²) in [5.74, 6) is -1.20. The largest absolute Gasteiger partial charge is 0.416 e. The van der Waals surface area contributed by atoms with E-state index in [9.17, 15) is 22.4 Å². The predicted octanol–water partition coefficient (Wildman–Crippen LogP) is 8.64. The molecule has 228 valence electrons. The quantitative estimate of drug-likeness (QED) is 0.185. The Balaban J connectivity index is 0.000000521. The van der Waals surface area contributed by atoms with Crippen molar-refractivity contribution in [2.75, 3.05) is 51.2 Å². The summed E-state index contributed by atoms with van der Waals surface area (Å²) in [4.78, 5) is 18.7. The lowest BCUT2D eigenvalue weighted by Crippen LogP contribution is -2.47. The maximum atomic E-state index is 13.6. The summed E-state index contributed by atoms with van der Waals surface area (Å²) in [6.45, 7) is 9.57. The average molecular weight is 627 g/mol. The summed E-state index contributed by atoms with van der Waals surface area (Å²) in [5, 5.41) is 1.21. The van der Waals surface area contributed by atoms with Crippen LogP contribution < -0.4 is 4.90 Å². The lowest BCUT2D eigenvalue weighted by atomic mass is 10.00. The number of carbonyl (C=O) groups is 1. The molecule has 0 bridgehead atoms. The molecule has 42 heavy (non-hydrogen) atoms. The van der Waals surface area contributed by atoms with E-state index in [0.717, 1.165) is 51.6 Å².